The average molecular weight is 526 g/mol. The number of amides is 3. The van der Waals surface area contributed by atoms with Gasteiger partial charge in [0.15, 0.2) is 0 Å². The Kier molecular flexibility index (Phi) is 6.88. The molecule has 0 aliphatic carbocycles. The SMILES string of the molecule is CCC(C)(C)N(C(=O)Cc1ccccc1)C1CC(=O)N(c2ccc(-c3nc4ccc(C)cc4s3)cc2)C1=O. The molecule has 2 heterocycles. The predicted molar refractivity (Wildman–Crippen MR) is 152 cm³/mol. The second-order valence-corrected chi connectivity index (χ2v) is 11.4. The first-order valence-electron chi connectivity index (χ1n) is 12.9. The summed E-state index contributed by atoms with van der Waals surface area (Å²) in [5, 5.41) is 0.886. The van der Waals surface area contributed by atoms with Crippen LogP contribution in [0.5, 0.6) is 0 Å². The second kappa shape index (κ2) is 10.1. The maximum Gasteiger partial charge on any atom is 0.257 e. The first kappa shape index (κ1) is 25.8. The molecular weight excluding hydrogens is 494 g/mol. The Morgan fingerprint density at radius 1 is 1.05 bits per heavy atom. The van der Waals surface area contributed by atoms with Gasteiger partial charge in [0.05, 0.1) is 28.7 Å². The molecule has 0 saturated carbocycles. The monoisotopic (exact) mass is 525 g/mol. The smallest absolute Gasteiger partial charge is 0.257 e. The number of hydrogen-bond donors (Lipinski definition) is 0. The van der Waals surface area contributed by atoms with Gasteiger partial charge in [-0.05, 0) is 74.7 Å². The summed E-state index contributed by atoms with van der Waals surface area (Å²) in [6, 6.07) is 22.2. The molecule has 1 aliphatic rings. The highest BCUT2D eigenvalue weighted by atomic mass is 32.1. The molecular formula is C31H31N3O3S. The van der Waals surface area contributed by atoms with Crippen molar-refractivity contribution >= 4 is 45.0 Å². The molecule has 1 aromatic heterocycles. The van der Waals surface area contributed by atoms with Gasteiger partial charge in [-0.25, -0.2) is 9.88 Å². The van der Waals surface area contributed by atoms with Gasteiger partial charge in [0.25, 0.3) is 5.91 Å². The number of aromatic nitrogens is 1. The Morgan fingerprint density at radius 3 is 2.45 bits per heavy atom. The van der Waals surface area contributed by atoms with E-state index in [1.165, 1.54) is 10.5 Å². The lowest BCUT2D eigenvalue weighted by Crippen LogP contribution is -2.56. The third kappa shape index (κ3) is 4.86. The Hall–Kier alpha value is -3.84. The third-order valence-electron chi connectivity index (χ3n) is 7.34. The van der Waals surface area contributed by atoms with E-state index in [1.807, 2.05) is 75.4 Å². The summed E-state index contributed by atoms with van der Waals surface area (Å²) in [7, 11) is 0. The summed E-state index contributed by atoms with van der Waals surface area (Å²) < 4.78 is 1.12. The zero-order valence-electron chi connectivity index (χ0n) is 22.1. The maximum atomic E-state index is 13.7. The van der Waals surface area contributed by atoms with Crippen LogP contribution < -0.4 is 4.90 Å². The molecule has 7 heteroatoms. The van der Waals surface area contributed by atoms with E-state index in [0.717, 1.165) is 26.4 Å². The molecule has 0 radical (unpaired) electrons. The number of fused-ring (bicyclic) bond motifs is 1. The predicted octanol–water partition coefficient (Wildman–Crippen LogP) is 6.16. The van der Waals surface area contributed by atoms with Crippen molar-refractivity contribution in [3.63, 3.8) is 0 Å². The van der Waals surface area contributed by atoms with Gasteiger partial charge in [-0.2, -0.15) is 0 Å². The summed E-state index contributed by atoms with van der Waals surface area (Å²) >= 11 is 1.61. The van der Waals surface area contributed by atoms with Crippen molar-refractivity contribution in [3.8, 4) is 10.6 Å². The highest BCUT2D eigenvalue weighted by molar-refractivity contribution is 7.21. The number of rotatable bonds is 7. The number of imide groups is 1. The molecule has 3 aromatic carbocycles. The van der Waals surface area contributed by atoms with Crippen molar-refractivity contribution in [3.05, 3.63) is 83.9 Å². The van der Waals surface area contributed by atoms with Gasteiger partial charge in [0, 0.05) is 11.1 Å². The number of carbonyl (C=O) groups is 3. The fourth-order valence-corrected chi connectivity index (χ4v) is 6.03. The number of carbonyl (C=O) groups excluding carboxylic acids is 3. The molecule has 1 unspecified atom stereocenters. The molecule has 38 heavy (non-hydrogen) atoms. The zero-order chi connectivity index (χ0) is 27.0. The van der Waals surface area contributed by atoms with Crippen molar-refractivity contribution in [2.24, 2.45) is 0 Å². The van der Waals surface area contributed by atoms with Gasteiger partial charge in [0.1, 0.15) is 11.0 Å². The van der Waals surface area contributed by atoms with Gasteiger partial charge >= 0.3 is 0 Å². The highest BCUT2D eigenvalue weighted by Gasteiger charge is 2.48. The van der Waals surface area contributed by atoms with E-state index >= 15 is 0 Å². The van der Waals surface area contributed by atoms with Crippen LogP contribution in [0.2, 0.25) is 0 Å². The van der Waals surface area contributed by atoms with E-state index in [9.17, 15) is 14.4 Å². The number of benzene rings is 3. The number of nitrogens with zero attached hydrogens (tertiary/aromatic N) is 3. The van der Waals surface area contributed by atoms with E-state index in [-0.39, 0.29) is 30.6 Å². The molecule has 0 spiro atoms. The van der Waals surface area contributed by atoms with Crippen LogP contribution >= 0.6 is 11.3 Å². The van der Waals surface area contributed by atoms with Gasteiger partial charge in [-0.3, -0.25) is 14.4 Å². The van der Waals surface area contributed by atoms with Crippen LogP contribution in [0.4, 0.5) is 5.69 Å². The lowest BCUT2D eigenvalue weighted by atomic mass is 9.94. The highest BCUT2D eigenvalue weighted by Crippen LogP contribution is 2.35. The molecule has 0 bridgehead atoms. The normalized spacial score (nSPS) is 15.9. The Bertz CT molecular complexity index is 1510. The molecule has 6 nitrogen and oxygen atoms in total. The minimum Gasteiger partial charge on any atom is -0.325 e. The first-order valence-corrected chi connectivity index (χ1v) is 13.7. The molecule has 1 fully saturated rings. The van der Waals surface area contributed by atoms with Crippen LogP contribution in [-0.4, -0.2) is 39.2 Å². The fourth-order valence-electron chi connectivity index (χ4n) is 4.96. The van der Waals surface area contributed by atoms with Crippen LogP contribution in [-0.2, 0) is 20.8 Å². The largest absolute Gasteiger partial charge is 0.325 e. The summed E-state index contributed by atoms with van der Waals surface area (Å²) in [6.07, 6.45) is 0.808. The van der Waals surface area contributed by atoms with Crippen molar-refractivity contribution < 1.29 is 14.4 Å². The minimum absolute atomic E-state index is 0.0260. The summed E-state index contributed by atoms with van der Waals surface area (Å²) in [5.41, 5.74) is 3.86. The summed E-state index contributed by atoms with van der Waals surface area (Å²) in [5.74, 6) is -0.814. The van der Waals surface area contributed by atoms with Crippen molar-refractivity contribution in [1.29, 1.82) is 0 Å². The first-order chi connectivity index (χ1) is 18.2. The second-order valence-electron chi connectivity index (χ2n) is 10.4. The lowest BCUT2D eigenvalue weighted by Gasteiger charge is -2.41. The molecule has 3 amide bonds. The number of hydrogen-bond acceptors (Lipinski definition) is 5. The van der Waals surface area contributed by atoms with Crippen molar-refractivity contribution in [1.82, 2.24) is 9.88 Å². The molecule has 194 valence electrons. The van der Waals surface area contributed by atoms with Crippen LogP contribution in [0, 0.1) is 6.92 Å². The molecule has 1 aliphatic heterocycles. The molecule has 0 N–H and O–H groups in total. The van der Waals surface area contributed by atoms with Gasteiger partial charge < -0.3 is 4.90 Å². The maximum absolute atomic E-state index is 13.7. The van der Waals surface area contributed by atoms with Crippen LogP contribution in [0.3, 0.4) is 0 Å². The topological polar surface area (TPSA) is 70.6 Å². The molecule has 5 rings (SSSR count). The van der Waals surface area contributed by atoms with E-state index in [1.54, 1.807) is 28.4 Å². The van der Waals surface area contributed by atoms with Gasteiger partial charge in [-0.15, -0.1) is 11.3 Å². The number of thiazole rings is 1. The Labute approximate surface area is 226 Å². The van der Waals surface area contributed by atoms with E-state index < -0.39 is 11.6 Å². The molecule has 4 aromatic rings. The van der Waals surface area contributed by atoms with E-state index in [0.29, 0.717) is 12.1 Å². The standard InChI is InChI=1S/C31H31N3O3S/c1-5-31(3,4)34(28(36)18-21-9-7-6-8-10-21)25-19-27(35)33(30(25)37)23-14-12-22(13-15-23)29-32-24-16-11-20(2)17-26(24)38-29/h6-17,25H,5,18-19H2,1-4H3. The number of anilines is 1. The third-order valence-corrected chi connectivity index (χ3v) is 8.40. The van der Waals surface area contributed by atoms with Gasteiger partial charge in [-0.1, -0.05) is 43.3 Å². The summed E-state index contributed by atoms with van der Waals surface area (Å²) in [6.45, 7) is 7.95. The lowest BCUT2D eigenvalue weighted by molar-refractivity contribution is -0.144. The van der Waals surface area contributed by atoms with Gasteiger partial charge in [0.2, 0.25) is 11.8 Å². The minimum atomic E-state index is -0.833. The van der Waals surface area contributed by atoms with Crippen LogP contribution in [0.15, 0.2) is 72.8 Å². The van der Waals surface area contributed by atoms with Crippen molar-refractivity contribution in [2.45, 2.75) is 58.5 Å². The zero-order valence-corrected chi connectivity index (χ0v) is 22.9. The Morgan fingerprint density at radius 2 is 1.76 bits per heavy atom. The quantitative estimate of drug-likeness (QED) is 0.271. The number of aryl methyl sites for hydroxylation is 1. The molecule has 1 saturated heterocycles. The molecule has 1 atom stereocenters. The fraction of sp³-hybridized carbons (Fsp3) is 0.290. The Balaban J connectivity index is 1.40. The van der Waals surface area contributed by atoms with E-state index in [4.69, 9.17) is 4.98 Å². The average Bonchev–Trinajstić information content (AvgIpc) is 3.44. The summed E-state index contributed by atoms with van der Waals surface area (Å²) in [4.78, 5) is 48.0. The van der Waals surface area contributed by atoms with Crippen LogP contribution in [0.1, 0.15) is 44.7 Å². The van der Waals surface area contributed by atoms with Crippen molar-refractivity contribution in [2.75, 3.05) is 4.90 Å². The van der Waals surface area contributed by atoms with Crippen LogP contribution in [0.25, 0.3) is 20.8 Å². The van der Waals surface area contributed by atoms with E-state index in [2.05, 4.69) is 13.0 Å².